The molecule has 0 saturated heterocycles. The molecule has 0 atom stereocenters. The highest BCUT2D eigenvalue weighted by atomic mass is 32.1. The minimum Gasteiger partial charge on any atom is -0.444 e. The van der Waals surface area contributed by atoms with Gasteiger partial charge < -0.3 is 15.4 Å². The summed E-state index contributed by atoms with van der Waals surface area (Å²) in [6.45, 7) is 7.87. The molecule has 2 rings (SSSR count). The summed E-state index contributed by atoms with van der Waals surface area (Å²) in [6.07, 6.45) is -0.504. The highest BCUT2D eigenvalue weighted by Crippen LogP contribution is 2.18. The summed E-state index contributed by atoms with van der Waals surface area (Å²) < 4.78 is 5.18. The molecule has 0 fully saturated rings. The summed E-state index contributed by atoms with van der Waals surface area (Å²) in [5.41, 5.74) is 1.13. The molecule has 0 radical (unpaired) electrons. The molecule has 0 bridgehead atoms. The van der Waals surface area contributed by atoms with E-state index in [1.54, 1.807) is 27.7 Å². The number of ether oxygens (including phenoxy) is 1. The van der Waals surface area contributed by atoms with Crippen molar-refractivity contribution >= 4 is 23.3 Å². The first-order valence-corrected chi connectivity index (χ1v) is 8.81. The van der Waals surface area contributed by atoms with Crippen molar-refractivity contribution in [1.82, 2.24) is 15.6 Å². The fraction of sp³-hybridized carbons (Fsp3) is 0.389. The Morgan fingerprint density at radius 3 is 2.44 bits per heavy atom. The maximum atomic E-state index is 12.3. The normalized spacial score (nSPS) is 11.0. The van der Waals surface area contributed by atoms with Crippen molar-refractivity contribution in [2.45, 2.75) is 46.4 Å². The Morgan fingerprint density at radius 2 is 1.80 bits per heavy atom. The Balaban J connectivity index is 1.90. The molecule has 0 aliphatic carbocycles. The van der Waals surface area contributed by atoms with Crippen LogP contribution in [0.2, 0.25) is 0 Å². The van der Waals surface area contributed by atoms with E-state index in [9.17, 15) is 9.59 Å². The van der Waals surface area contributed by atoms with Crippen molar-refractivity contribution < 1.29 is 14.3 Å². The van der Waals surface area contributed by atoms with Crippen molar-refractivity contribution in [2.24, 2.45) is 0 Å². The summed E-state index contributed by atoms with van der Waals surface area (Å²) in [5, 5.41) is 6.19. The number of aromatic nitrogens is 1. The van der Waals surface area contributed by atoms with E-state index in [1.807, 2.05) is 30.3 Å². The number of hydrogen-bond acceptors (Lipinski definition) is 5. The highest BCUT2D eigenvalue weighted by molar-refractivity contribution is 7.13. The third-order valence-electron chi connectivity index (χ3n) is 3.13. The maximum absolute atomic E-state index is 12.3. The molecule has 0 aliphatic rings. The lowest BCUT2D eigenvalue weighted by Crippen LogP contribution is -2.32. The number of amides is 2. The van der Waals surface area contributed by atoms with Gasteiger partial charge in [0.2, 0.25) is 0 Å². The van der Waals surface area contributed by atoms with Crippen molar-refractivity contribution in [3.05, 3.63) is 51.5 Å². The zero-order valence-electron chi connectivity index (χ0n) is 14.9. The smallest absolute Gasteiger partial charge is 0.408 e. The van der Waals surface area contributed by atoms with Crippen molar-refractivity contribution in [1.29, 1.82) is 0 Å². The maximum Gasteiger partial charge on any atom is 0.408 e. The van der Waals surface area contributed by atoms with Crippen LogP contribution in [0.15, 0.2) is 30.3 Å². The van der Waals surface area contributed by atoms with Crippen LogP contribution in [0.1, 0.15) is 46.7 Å². The van der Waals surface area contributed by atoms with E-state index in [0.717, 1.165) is 5.56 Å². The summed E-state index contributed by atoms with van der Waals surface area (Å²) in [6, 6.07) is 9.70. The van der Waals surface area contributed by atoms with Crippen molar-refractivity contribution in [3.8, 4) is 0 Å². The van der Waals surface area contributed by atoms with Gasteiger partial charge in [0.05, 0.1) is 12.2 Å². The zero-order chi connectivity index (χ0) is 18.4. The average Bonchev–Trinajstić information content (AvgIpc) is 2.91. The number of alkyl carbamates (subject to hydrolysis) is 1. The molecule has 0 saturated carbocycles. The Morgan fingerprint density at radius 1 is 1.12 bits per heavy atom. The van der Waals surface area contributed by atoms with Crippen LogP contribution in [-0.4, -0.2) is 22.6 Å². The summed E-state index contributed by atoms with van der Waals surface area (Å²) in [4.78, 5) is 28.9. The monoisotopic (exact) mass is 361 g/mol. The third kappa shape index (κ3) is 6.19. The second kappa shape index (κ2) is 8.11. The molecule has 2 aromatic rings. The molecule has 2 N–H and O–H groups in total. The second-order valence-electron chi connectivity index (χ2n) is 6.55. The summed E-state index contributed by atoms with van der Waals surface area (Å²) >= 11 is 1.27. The fourth-order valence-electron chi connectivity index (χ4n) is 2.06. The lowest BCUT2D eigenvalue weighted by molar-refractivity contribution is 0.0523. The molecule has 0 unspecified atom stereocenters. The number of nitrogens with one attached hydrogen (secondary N) is 2. The van der Waals surface area contributed by atoms with Gasteiger partial charge in [-0.3, -0.25) is 4.79 Å². The minimum absolute atomic E-state index is 0.164. The van der Waals surface area contributed by atoms with E-state index in [-0.39, 0.29) is 12.5 Å². The lowest BCUT2D eigenvalue weighted by Gasteiger charge is -2.19. The molecule has 1 aromatic carbocycles. The molecule has 1 aromatic heterocycles. The van der Waals surface area contributed by atoms with E-state index < -0.39 is 11.7 Å². The molecule has 25 heavy (non-hydrogen) atoms. The second-order valence-corrected chi connectivity index (χ2v) is 7.63. The number of carbonyl (C=O) groups excluding carboxylic acids is 2. The number of hydrogen-bond donors (Lipinski definition) is 2. The topological polar surface area (TPSA) is 80.3 Å². The number of aryl methyl sites for hydroxylation is 1. The van der Waals surface area contributed by atoms with Gasteiger partial charge in [-0.1, -0.05) is 30.3 Å². The Hall–Kier alpha value is -2.41. The van der Waals surface area contributed by atoms with E-state index in [0.29, 0.717) is 22.1 Å². The van der Waals surface area contributed by atoms with Crippen LogP contribution in [0.5, 0.6) is 0 Å². The van der Waals surface area contributed by atoms with Crippen molar-refractivity contribution in [2.75, 3.05) is 0 Å². The average molecular weight is 361 g/mol. The highest BCUT2D eigenvalue weighted by Gasteiger charge is 2.18. The first-order chi connectivity index (χ1) is 11.7. The predicted molar refractivity (Wildman–Crippen MR) is 97.5 cm³/mol. The quantitative estimate of drug-likeness (QED) is 0.855. The van der Waals surface area contributed by atoms with Gasteiger partial charge in [0, 0.05) is 6.54 Å². The molecular formula is C18H23N3O3S. The van der Waals surface area contributed by atoms with E-state index in [1.165, 1.54) is 11.3 Å². The van der Waals surface area contributed by atoms with Crippen LogP contribution in [0.3, 0.4) is 0 Å². The van der Waals surface area contributed by atoms with Gasteiger partial charge in [0.25, 0.3) is 5.91 Å². The third-order valence-corrected chi connectivity index (χ3v) is 4.28. The number of rotatable bonds is 5. The number of thiazole rings is 1. The molecule has 2 amide bonds. The largest absolute Gasteiger partial charge is 0.444 e. The molecule has 134 valence electrons. The molecular weight excluding hydrogens is 338 g/mol. The molecule has 0 spiro atoms. The van der Waals surface area contributed by atoms with Crippen molar-refractivity contribution in [3.63, 3.8) is 0 Å². The van der Waals surface area contributed by atoms with Gasteiger partial charge in [-0.05, 0) is 33.3 Å². The SMILES string of the molecule is Cc1nc(CNC(=O)OC(C)(C)C)sc1C(=O)NCc1ccccc1. The van der Waals surface area contributed by atoms with E-state index in [2.05, 4.69) is 15.6 Å². The first-order valence-electron chi connectivity index (χ1n) is 8.00. The van der Waals surface area contributed by atoms with Crippen LogP contribution >= 0.6 is 11.3 Å². The van der Waals surface area contributed by atoms with Crippen LogP contribution in [0.25, 0.3) is 0 Å². The molecule has 7 heteroatoms. The van der Waals surface area contributed by atoms with Gasteiger partial charge in [-0.25, -0.2) is 9.78 Å². The van der Waals surface area contributed by atoms with E-state index in [4.69, 9.17) is 4.74 Å². The van der Waals surface area contributed by atoms with Crippen LogP contribution in [-0.2, 0) is 17.8 Å². The predicted octanol–water partition coefficient (Wildman–Crippen LogP) is 3.41. The van der Waals surface area contributed by atoms with Gasteiger partial charge in [0.15, 0.2) is 0 Å². The Labute approximate surface area is 151 Å². The first kappa shape index (κ1) is 18.9. The molecule has 6 nitrogen and oxygen atoms in total. The standard InChI is InChI=1S/C18H23N3O3S/c1-12-15(16(22)19-10-13-8-6-5-7-9-13)25-14(21-12)11-20-17(23)24-18(2,3)4/h5-9H,10-11H2,1-4H3,(H,19,22)(H,20,23). The van der Waals surface area contributed by atoms with Crippen LogP contribution < -0.4 is 10.6 Å². The number of nitrogens with zero attached hydrogens (tertiary/aromatic N) is 1. The van der Waals surface area contributed by atoms with Gasteiger partial charge in [0.1, 0.15) is 15.5 Å². The van der Waals surface area contributed by atoms with Gasteiger partial charge >= 0.3 is 6.09 Å². The van der Waals surface area contributed by atoms with Crippen LogP contribution in [0.4, 0.5) is 4.79 Å². The summed E-state index contributed by atoms with van der Waals surface area (Å²) in [5.74, 6) is -0.164. The zero-order valence-corrected chi connectivity index (χ0v) is 15.7. The van der Waals surface area contributed by atoms with Crippen LogP contribution in [0, 0.1) is 6.92 Å². The fourth-order valence-corrected chi connectivity index (χ4v) is 2.98. The van der Waals surface area contributed by atoms with Gasteiger partial charge in [-0.2, -0.15) is 0 Å². The summed E-state index contributed by atoms with van der Waals surface area (Å²) in [7, 11) is 0. The Bertz CT molecular complexity index is 736. The Kier molecular flexibility index (Phi) is 6.14. The minimum atomic E-state index is -0.550. The number of benzene rings is 1. The van der Waals surface area contributed by atoms with Gasteiger partial charge in [-0.15, -0.1) is 11.3 Å². The molecule has 1 heterocycles. The molecule has 0 aliphatic heterocycles. The van der Waals surface area contributed by atoms with E-state index >= 15 is 0 Å². The number of carbonyl (C=O) groups is 2. The lowest BCUT2D eigenvalue weighted by atomic mass is 10.2.